The van der Waals surface area contributed by atoms with Crippen LogP contribution in [-0.4, -0.2) is 6.04 Å². The Morgan fingerprint density at radius 2 is 1.95 bits per heavy atom. The van der Waals surface area contributed by atoms with Gasteiger partial charge in [0, 0.05) is 22.6 Å². The summed E-state index contributed by atoms with van der Waals surface area (Å²) in [6, 6.07) is 12.6. The zero-order valence-electron chi connectivity index (χ0n) is 11.8. The second-order valence-electron chi connectivity index (χ2n) is 5.44. The van der Waals surface area contributed by atoms with E-state index in [-0.39, 0.29) is 0 Å². The first-order chi connectivity index (χ1) is 10.1. The van der Waals surface area contributed by atoms with E-state index in [1.165, 1.54) is 24.0 Å². The minimum Gasteiger partial charge on any atom is -0.455 e. The molecule has 0 amide bonds. The van der Waals surface area contributed by atoms with Gasteiger partial charge in [0.1, 0.15) is 11.5 Å². The Morgan fingerprint density at radius 3 is 2.67 bits per heavy atom. The fourth-order valence-corrected chi connectivity index (χ4v) is 2.88. The zero-order chi connectivity index (χ0) is 14.8. The van der Waals surface area contributed by atoms with Gasteiger partial charge in [-0.05, 0) is 44.0 Å². The van der Waals surface area contributed by atoms with E-state index in [0.29, 0.717) is 16.8 Å². The van der Waals surface area contributed by atoms with Crippen molar-refractivity contribution in [3.05, 3.63) is 57.0 Å². The van der Waals surface area contributed by atoms with Crippen molar-refractivity contribution in [2.24, 2.45) is 0 Å². The van der Waals surface area contributed by atoms with Gasteiger partial charge >= 0.3 is 0 Å². The zero-order valence-corrected chi connectivity index (χ0v) is 14.2. The summed E-state index contributed by atoms with van der Waals surface area (Å²) in [4.78, 5) is 0. The van der Waals surface area contributed by atoms with Gasteiger partial charge < -0.3 is 10.1 Å². The van der Waals surface area contributed by atoms with Gasteiger partial charge in [-0.25, -0.2) is 0 Å². The summed E-state index contributed by atoms with van der Waals surface area (Å²) in [6.45, 7) is 2.92. The number of rotatable bonds is 5. The third-order valence-corrected chi connectivity index (χ3v) is 4.28. The topological polar surface area (TPSA) is 21.3 Å². The van der Waals surface area contributed by atoms with Crippen LogP contribution in [-0.2, 0) is 6.54 Å². The molecule has 0 aliphatic heterocycles. The van der Waals surface area contributed by atoms with E-state index in [4.69, 9.17) is 16.3 Å². The minimum atomic E-state index is 0.603. The maximum absolute atomic E-state index is 6.23. The lowest BCUT2D eigenvalue weighted by molar-refractivity contribution is 0.472. The number of hydrogen-bond acceptors (Lipinski definition) is 2. The van der Waals surface area contributed by atoms with Gasteiger partial charge in [-0.15, -0.1) is 0 Å². The SMILES string of the molecule is Cc1ccc(Oc2ccc(Br)cc2Cl)c(CNC2CC2)c1. The monoisotopic (exact) mass is 365 g/mol. The molecule has 1 N–H and O–H groups in total. The van der Waals surface area contributed by atoms with Crippen LogP contribution >= 0.6 is 27.5 Å². The summed E-state index contributed by atoms with van der Waals surface area (Å²) in [6.07, 6.45) is 2.56. The Labute approximate surface area is 138 Å². The van der Waals surface area contributed by atoms with E-state index in [1.807, 2.05) is 24.3 Å². The average Bonchev–Trinajstić information content (AvgIpc) is 3.26. The van der Waals surface area contributed by atoms with Crippen molar-refractivity contribution in [1.82, 2.24) is 5.32 Å². The predicted molar refractivity (Wildman–Crippen MR) is 90.3 cm³/mol. The average molecular weight is 367 g/mol. The molecule has 2 aromatic rings. The van der Waals surface area contributed by atoms with E-state index in [0.717, 1.165) is 16.8 Å². The molecule has 0 saturated heterocycles. The lowest BCUT2D eigenvalue weighted by atomic mass is 10.1. The van der Waals surface area contributed by atoms with Gasteiger partial charge in [-0.1, -0.05) is 45.2 Å². The molecule has 0 atom stereocenters. The summed E-state index contributed by atoms with van der Waals surface area (Å²) in [5.41, 5.74) is 2.40. The third kappa shape index (κ3) is 4.00. The fraction of sp³-hybridized carbons (Fsp3) is 0.294. The number of nitrogens with one attached hydrogen (secondary N) is 1. The van der Waals surface area contributed by atoms with Crippen molar-refractivity contribution in [3.8, 4) is 11.5 Å². The number of halogens is 2. The van der Waals surface area contributed by atoms with Crippen LogP contribution in [0.5, 0.6) is 11.5 Å². The summed E-state index contributed by atoms with van der Waals surface area (Å²) in [5, 5.41) is 4.13. The van der Waals surface area contributed by atoms with Crippen LogP contribution in [0.2, 0.25) is 5.02 Å². The van der Waals surface area contributed by atoms with Crippen molar-refractivity contribution < 1.29 is 4.74 Å². The number of ether oxygens (including phenoxy) is 1. The second-order valence-corrected chi connectivity index (χ2v) is 6.77. The first kappa shape index (κ1) is 14.9. The van der Waals surface area contributed by atoms with Gasteiger partial charge in [-0.3, -0.25) is 0 Å². The molecule has 2 nitrogen and oxygen atoms in total. The van der Waals surface area contributed by atoms with Crippen molar-refractivity contribution in [2.75, 3.05) is 0 Å². The second kappa shape index (κ2) is 6.39. The molecule has 1 saturated carbocycles. The first-order valence-corrected chi connectivity index (χ1v) is 8.25. The summed E-state index contributed by atoms with van der Waals surface area (Å²) in [7, 11) is 0. The lowest BCUT2D eigenvalue weighted by Gasteiger charge is -2.14. The summed E-state index contributed by atoms with van der Waals surface area (Å²) >= 11 is 9.63. The van der Waals surface area contributed by atoms with E-state index in [1.54, 1.807) is 0 Å². The molecule has 1 fully saturated rings. The Hall–Kier alpha value is -1.03. The largest absolute Gasteiger partial charge is 0.455 e. The molecule has 110 valence electrons. The van der Waals surface area contributed by atoms with Crippen LogP contribution in [0, 0.1) is 6.92 Å². The Morgan fingerprint density at radius 1 is 1.19 bits per heavy atom. The van der Waals surface area contributed by atoms with E-state index in [2.05, 4.69) is 40.3 Å². The molecule has 0 spiro atoms. The molecule has 1 aliphatic rings. The first-order valence-electron chi connectivity index (χ1n) is 7.07. The quantitative estimate of drug-likeness (QED) is 0.759. The summed E-state index contributed by atoms with van der Waals surface area (Å²) < 4.78 is 6.95. The van der Waals surface area contributed by atoms with E-state index < -0.39 is 0 Å². The molecule has 0 unspecified atom stereocenters. The number of benzene rings is 2. The van der Waals surface area contributed by atoms with Crippen LogP contribution in [0.25, 0.3) is 0 Å². The number of hydrogen-bond donors (Lipinski definition) is 1. The molecular weight excluding hydrogens is 350 g/mol. The Bertz CT molecular complexity index is 655. The lowest BCUT2D eigenvalue weighted by Crippen LogP contribution is -2.15. The van der Waals surface area contributed by atoms with Gasteiger partial charge in [0.2, 0.25) is 0 Å². The van der Waals surface area contributed by atoms with Crippen molar-refractivity contribution in [3.63, 3.8) is 0 Å². The van der Waals surface area contributed by atoms with Gasteiger partial charge in [-0.2, -0.15) is 0 Å². The van der Waals surface area contributed by atoms with Gasteiger partial charge in [0.15, 0.2) is 0 Å². The van der Waals surface area contributed by atoms with Crippen LogP contribution in [0.3, 0.4) is 0 Å². The highest BCUT2D eigenvalue weighted by atomic mass is 79.9. The highest BCUT2D eigenvalue weighted by molar-refractivity contribution is 9.10. The molecule has 0 bridgehead atoms. The smallest absolute Gasteiger partial charge is 0.146 e. The molecule has 0 aromatic heterocycles. The molecule has 2 aromatic carbocycles. The van der Waals surface area contributed by atoms with Crippen molar-refractivity contribution in [1.29, 1.82) is 0 Å². The minimum absolute atomic E-state index is 0.603. The summed E-state index contributed by atoms with van der Waals surface area (Å²) in [5.74, 6) is 1.54. The highest BCUT2D eigenvalue weighted by Crippen LogP contribution is 2.33. The van der Waals surface area contributed by atoms with Gasteiger partial charge in [0.25, 0.3) is 0 Å². The molecule has 21 heavy (non-hydrogen) atoms. The van der Waals surface area contributed by atoms with Crippen molar-refractivity contribution >= 4 is 27.5 Å². The van der Waals surface area contributed by atoms with Crippen LogP contribution in [0.15, 0.2) is 40.9 Å². The van der Waals surface area contributed by atoms with Gasteiger partial charge in [0.05, 0.1) is 5.02 Å². The number of aryl methyl sites for hydroxylation is 1. The standard InChI is InChI=1S/C17H17BrClNO/c1-11-2-6-16(12(8-11)10-20-14-4-5-14)21-17-7-3-13(18)9-15(17)19/h2-3,6-9,14,20H,4-5,10H2,1H3. The normalized spacial score (nSPS) is 14.2. The predicted octanol–water partition coefficient (Wildman–Crippen LogP) is 5.46. The highest BCUT2D eigenvalue weighted by Gasteiger charge is 2.20. The van der Waals surface area contributed by atoms with Crippen LogP contribution in [0.4, 0.5) is 0 Å². The van der Waals surface area contributed by atoms with Crippen LogP contribution in [0.1, 0.15) is 24.0 Å². The molecule has 0 radical (unpaired) electrons. The molecule has 1 aliphatic carbocycles. The van der Waals surface area contributed by atoms with E-state index >= 15 is 0 Å². The molecule has 4 heteroatoms. The van der Waals surface area contributed by atoms with E-state index in [9.17, 15) is 0 Å². The Balaban J connectivity index is 1.82. The fourth-order valence-electron chi connectivity index (χ4n) is 2.16. The third-order valence-electron chi connectivity index (χ3n) is 3.49. The molecule has 0 heterocycles. The molecular formula is C17H17BrClNO. The Kier molecular flexibility index (Phi) is 4.53. The maximum atomic E-state index is 6.23. The molecule has 3 rings (SSSR count). The van der Waals surface area contributed by atoms with Crippen molar-refractivity contribution in [2.45, 2.75) is 32.4 Å². The van der Waals surface area contributed by atoms with Crippen LogP contribution < -0.4 is 10.1 Å². The maximum Gasteiger partial charge on any atom is 0.146 e.